The van der Waals surface area contributed by atoms with Crippen molar-refractivity contribution in [3.05, 3.63) is 71.0 Å². The van der Waals surface area contributed by atoms with Crippen molar-refractivity contribution in [1.29, 1.82) is 0 Å². The van der Waals surface area contributed by atoms with E-state index in [-0.39, 0.29) is 29.1 Å². The van der Waals surface area contributed by atoms with Crippen molar-refractivity contribution in [1.82, 2.24) is 4.90 Å². The van der Waals surface area contributed by atoms with Crippen LogP contribution in [0.1, 0.15) is 36.1 Å². The Balaban J connectivity index is 1.61. The lowest BCUT2D eigenvalue weighted by Crippen LogP contribution is -2.53. The molecular formula is C23H27FN2O2S. The molecule has 0 spiro atoms. The van der Waals surface area contributed by atoms with Gasteiger partial charge in [-0.15, -0.1) is 0 Å². The molecule has 0 aromatic heterocycles. The molecule has 4 atom stereocenters. The zero-order chi connectivity index (χ0) is 20.4. The maximum Gasteiger partial charge on any atom is 0.252 e. The third-order valence-electron chi connectivity index (χ3n) is 5.83. The minimum atomic E-state index is -0.521. The van der Waals surface area contributed by atoms with Crippen LogP contribution in [0.4, 0.5) is 4.39 Å². The number of hydrogen-bond donors (Lipinski definition) is 1. The van der Waals surface area contributed by atoms with Crippen LogP contribution in [0.15, 0.2) is 48.5 Å². The number of halogens is 1. The van der Waals surface area contributed by atoms with Crippen molar-refractivity contribution in [2.75, 3.05) is 18.9 Å². The summed E-state index contributed by atoms with van der Waals surface area (Å²) < 4.78 is 19.5. The van der Waals surface area contributed by atoms with E-state index in [1.807, 2.05) is 17.0 Å². The summed E-state index contributed by atoms with van der Waals surface area (Å²) in [6, 6.07) is 14.3. The highest BCUT2D eigenvalue weighted by atomic mass is 32.2. The fraction of sp³-hybridized carbons (Fsp3) is 0.435. The van der Waals surface area contributed by atoms with E-state index in [1.165, 1.54) is 17.7 Å². The van der Waals surface area contributed by atoms with Crippen molar-refractivity contribution in [3.63, 3.8) is 0 Å². The number of ether oxygens (including phenoxy) is 1. The zero-order valence-electron chi connectivity index (χ0n) is 16.6. The second-order valence-corrected chi connectivity index (χ2v) is 9.17. The third-order valence-corrected chi connectivity index (χ3v) is 7.08. The number of amides is 1. The van der Waals surface area contributed by atoms with Crippen molar-refractivity contribution in [3.8, 4) is 0 Å². The van der Waals surface area contributed by atoms with E-state index < -0.39 is 6.10 Å². The van der Waals surface area contributed by atoms with Gasteiger partial charge in [0.1, 0.15) is 11.9 Å². The summed E-state index contributed by atoms with van der Waals surface area (Å²) in [6.07, 6.45) is 0.809. The molecule has 0 saturated carbocycles. The van der Waals surface area contributed by atoms with Crippen molar-refractivity contribution >= 4 is 17.7 Å². The van der Waals surface area contributed by atoms with E-state index in [0.717, 1.165) is 23.3 Å². The smallest absolute Gasteiger partial charge is 0.252 e. The standard InChI is InChI=1S/C23H27FN2O2S/c1-2-29-21-14-28-20(13-19(21)25)23(27)26-12-11-15-5-3-4-6-18(15)22(26)16-7-9-17(24)10-8-16/h3-10,19-22H,2,11-14,25H2,1H3/t19-,20+,21-,22-/m0/s1. The molecule has 2 N–H and O–H groups in total. The van der Waals surface area contributed by atoms with Crippen LogP contribution in [0.5, 0.6) is 0 Å². The molecular weight excluding hydrogens is 387 g/mol. The summed E-state index contributed by atoms with van der Waals surface area (Å²) in [5, 5.41) is 0.235. The molecule has 1 fully saturated rings. The first-order valence-corrected chi connectivity index (χ1v) is 11.3. The molecule has 1 saturated heterocycles. The molecule has 0 aliphatic carbocycles. The summed E-state index contributed by atoms with van der Waals surface area (Å²) in [5.74, 6) is 0.677. The lowest BCUT2D eigenvalue weighted by Gasteiger charge is -2.41. The molecule has 2 aliphatic rings. The summed E-state index contributed by atoms with van der Waals surface area (Å²) in [4.78, 5) is 15.4. The van der Waals surface area contributed by atoms with Crippen LogP contribution in [0.3, 0.4) is 0 Å². The van der Waals surface area contributed by atoms with Crippen molar-refractivity contribution < 1.29 is 13.9 Å². The quantitative estimate of drug-likeness (QED) is 0.832. The minimum Gasteiger partial charge on any atom is -0.367 e. The van der Waals surface area contributed by atoms with Gasteiger partial charge >= 0.3 is 0 Å². The summed E-state index contributed by atoms with van der Waals surface area (Å²) in [7, 11) is 0. The van der Waals surface area contributed by atoms with Gasteiger partial charge in [-0.3, -0.25) is 4.79 Å². The fourth-order valence-corrected chi connectivity index (χ4v) is 5.31. The number of nitrogens with two attached hydrogens (primary N) is 1. The van der Waals surface area contributed by atoms with Crippen molar-refractivity contribution in [2.24, 2.45) is 5.73 Å². The maximum absolute atomic E-state index is 13.5. The number of benzene rings is 2. The van der Waals surface area contributed by atoms with E-state index in [4.69, 9.17) is 10.5 Å². The normalized spacial score (nSPS) is 26.8. The Morgan fingerprint density at radius 1 is 1.24 bits per heavy atom. The summed E-state index contributed by atoms with van der Waals surface area (Å²) in [6.45, 7) is 3.22. The van der Waals surface area contributed by atoms with E-state index in [0.29, 0.717) is 19.6 Å². The van der Waals surface area contributed by atoms with Gasteiger partial charge < -0.3 is 15.4 Å². The van der Waals surface area contributed by atoms with Crippen LogP contribution in [0, 0.1) is 5.82 Å². The Morgan fingerprint density at radius 3 is 2.72 bits per heavy atom. The molecule has 4 rings (SSSR count). The molecule has 0 radical (unpaired) electrons. The second kappa shape index (κ2) is 8.86. The topological polar surface area (TPSA) is 55.6 Å². The highest BCUT2D eigenvalue weighted by molar-refractivity contribution is 7.99. The highest BCUT2D eigenvalue weighted by Gasteiger charge is 2.39. The van der Waals surface area contributed by atoms with Gasteiger partial charge in [-0.05, 0) is 47.4 Å². The Bertz CT molecular complexity index is 860. The monoisotopic (exact) mass is 414 g/mol. The lowest BCUT2D eigenvalue weighted by atomic mass is 9.87. The Hall–Kier alpha value is -1.89. The summed E-state index contributed by atoms with van der Waals surface area (Å²) >= 11 is 1.79. The molecule has 0 bridgehead atoms. The number of fused-ring (bicyclic) bond motifs is 1. The van der Waals surface area contributed by atoms with Gasteiger partial charge in [-0.25, -0.2) is 4.39 Å². The average Bonchev–Trinajstić information content (AvgIpc) is 2.74. The molecule has 4 nitrogen and oxygen atoms in total. The van der Waals surface area contributed by atoms with Gasteiger partial charge in [-0.2, -0.15) is 11.8 Å². The van der Waals surface area contributed by atoms with Crippen LogP contribution in [-0.2, 0) is 16.0 Å². The van der Waals surface area contributed by atoms with Crippen LogP contribution in [-0.4, -0.2) is 47.1 Å². The molecule has 2 aromatic rings. The van der Waals surface area contributed by atoms with Crippen molar-refractivity contribution in [2.45, 2.75) is 43.2 Å². The van der Waals surface area contributed by atoms with Crippen LogP contribution >= 0.6 is 11.8 Å². The molecule has 29 heavy (non-hydrogen) atoms. The van der Waals surface area contributed by atoms with E-state index in [9.17, 15) is 9.18 Å². The van der Waals surface area contributed by atoms with Crippen LogP contribution in [0.2, 0.25) is 0 Å². The Kier molecular flexibility index (Phi) is 6.23. The number of carbonyl (C=O) groups excluding carboxylic acids is 1. The van der Waals surface area contributed by atoms with Gasteiger partial charge in [0, 0.05) is 17.8 Å². The largest absolute Gasteiger partial charge is 0.367 e. The maximum atomic E-state index is 13.5. The van der Waals surface area contributed by atoms with Gasteiger partial charge in [0.15, 0.2) is 0 Å². The van der Waals surface area contributed by atoms with Gasteiger partial charge in [-0.1, -0.05) is 43.3 Å². The molecule has 1 amide bonds. The van der Waals surface area contributed by atoms with Gasteiger partial charge in [0.05, 0.1) is 12.6 Å². The first-order valence-electron chi connectivity index (χ1n) is 10.2. The number of thioether (sulfide) groups is 1. The fourth-order valence-electron chi connectivity index (χ4n) is 4.35. The number of nitrogens with zero attached hydrogens (tertiary/aromatic N) is 1. The molecule has 154 valence electrons. The third kappa shape index (κ3) is 4.20. The Labute approximate surface area is 175 Å². The van der Waals surface area contributed by atoms with E-state index in [1.54, 1.807) is 23.9 Å². The van der Waals surface area contributed by atoms with Gasteiger partial charge in [0.2, 0.25) is 0 Å². The predicted molar refractivity (Wildman–Crippen MR) is 114 cm³/mol. The first-order chi connectivity index (χ1) is 14.1. The highest BCUT2D eigenvalue weighted by Crippen LogP contribution is 2.36. The molecule has 2 aliphatic heterocycles. The molecule has 6 heteroatoms. The number of hydrogen-bond acceptors (Lipinski definition) is 4. The van der Waals surface area contributed by atoms with E-state index in [2.05, 4.69) is 19.1 Å². The van der Waals surface area contributed by atoms with E-state index >= 15 is 0 Å². The zero-order valence-corrected chi connectivity index (χ0v) is 17.4. The minimum absolute atomic E-state index is 0.0239. The second-order valence-electron chi connectivity index (χ2n) is 7.65. The lowest BCUT2D eigenvalue weighted by molar-refractivity contribution is -0.149. The first kappa shape index (κ1) is 20.4. The average molecular weight is 415 g/mol. The van der Waals surface area contributed by atoms with Crippen LogP contribution in [0.25, 0.3) is 0 Å². The van der Waals surface area contributed by atoms with Gasteiger partial charge in [0.25, 0.3) is 5.91 Å². The SMILES string of the molecule is CCS[C@H]1CO[C@@H](C(=O)N2CCc3ccccc3[C@@H]2c2ccc(F)cc2)C[C@@H]1N. The number of rotatable bonds is 4. The predicted octanol–water partition coefficient (Wildman–Crippen LogP) is 3.54. The summed E-state index contributed by atoms with van der Waals surface area (Å²) in [5.41, 5.74) is 9.58. The number of carbonyl (C=O) groups is 1. The molecule has 2 heterocycles. The molecule has 0 unspecified atom stereocenters. The molecule has 2 aromatic carbocycles. The Morgan fingerprint density at radius 2 is 2.00 bits per heavy atom. The van der Waals surface area contributed by atoms with Crippen LogP contribution < -0.4 is 5.73 Å².